The Morgan fingerprint density at radius 3 is 2.51 bits per heavy atom. The maximum Gasteiger partial charge on any atom is 0.471 e. The molecule has 0 heterocycles. The standard InChI is InChI=1S/C28H29F3N2O4/c1-5-8-19-13-20(24(15-25(19)34)33(17(3)6-2)27(36)28(29,30)31)16-37-21-11-12-22-18(14-21)9-7-10-23(22)26(35)32-4/h6-7,9-15,17,34H,2,5,8,16H2,1,3-4H3,(H,32,35). The first-order chi connectivity index (χ1) is 17.5. The Bertz CT molecular complexity index is 1320. The van der Waals surface area contributed by atoms with Gasteiger partial charge in [0.15, 0.2) is 0 Å². The van der Waals surface area contributed by atoms with Crippen LogP contribution >= 0.6 is 0 Å². The molecule has 0 saturated heterocycles. The van der Waals surface area contributed by atoms with Crippen molar-refractivity contribution in [3.05, 3.63) is 77.9 Å². The van der Waals surface area contributed by atoms with Crippen LogP contribution in [0, 0.1) is 0 Å². The molecule has 0 aliphatic carbocycles. The second-order valence-electron chi connectivity index (χ2n) is 8.57. The van der Waals surface area contributed by atoms with Crippen LogP contribution in [0.25, 0.3) is 10.8 Å². The average Bonchev–Trinajstić information content (AvgIpc) is 2.87. The van der Waals surface area contributed by atoms with Gasteiger partial charge >= 0.3 is 12.1 Å². The van der Waals surface area contributed by atoms with Gasteiger partial charge in [-0.3, -0.25) is 14.5 Å². The van der Waals surface area contributed by atoms with Crippen LogP contribution < -0.4 is 15.0 Å². The van der Waals surface area contributed by atoms with Gasteiger partial charge in [-0.1, -0.05) is 31.6 Å². The number of hydrogen-bond donors (Lipinski definition) is 2. The Morgan fingerprint density at radius 1 is 1.16 bits per heavy atom. The molecule has 6 nitrogen and oxygen atoms in total. The molecule has 196 valence electrons. The van der Waals surface area contributed by atoms with E-state index in [0.717, 1.165) is 5.39 Å². The number of amides is 2. The normalized spacial score (nSPS) is 12.2. The van der Waals surface area contributed by atoms with Crippen molar-refractivity contribution in [2.75, 3.05) is 11.9 Å². The summed E-state index contributed by atoms with van der Waals surface area (Å²) in [4.78, 5) is 25.1. The van der Waals surface area contributed by atoms with Crippen LogP contribution in [0.5, 0.6) is 11.5 Å². The van der Waals surface area contributed by atoms with E-state index in [9.17, 15) is 27.9 Å². The highest BCUT2D eigenvalue weighted by atomic mass is 19.4. The van der Waals surface area contributed by atoms with Crippen molar-refractivity contribution < 1.29 is 32.6 Å². The van der Waals surface area contributed by atoms with Gasteiger partial charge in [0.25, 0.3) is 5.91 Å². The average molecular weight is 515 g/mol. The Hall–Kier alpha value is -4.01. The first-order valence-electron chi connectivity index (χ1n) is 11.8. The topological polar surface area (TPSA) is 78.9 Å². The zero-order valence-electron chi connectivity index (χ0n) is 20.9. The van der Waals surface area contributed by atoms with E-state index < -0.39 is 18.1 Å². The molecular formula is C28H29F3N2O4. The van der Waals surface area contributed by atoms with Crippen LogP contribution in [-0.4, -0.2) is 36.2 Å². The lowest BCUT2D eigenvalue weighted by Gasteiger charge is -2.30. The Labute approximate surface area is 213 Å². The van der Waals surface area contributed by atoms with Gasteiger partial charge < -0.3 is 15.2 Å². The number of phenolic OH excluding ortho intramolecular Hbond substituents is 1. The number of phenols is 1. The van der Waals surface area contributed by atoms with Crippen LogP contribution in [-0.2, 0) is 17.8 Å². The Kier molecular flexibility index (Phi) is 8.47. The molecule has 0 aliphatic heterocycles. The molecule has 1 unspecified atom stereocenters. The molecular weight excluding hydrogens is 485 g/mol. The summed E-state index contributed by atoms with van der Waals surface area (Å²) in [6, 6.07) is 12.1. The first kappa shape index (κ1) is 27.6. The second kappa shape index (κ2) is 11.4. The summed E-state index contributed by atoms with van der Waals surface area (Å²) in [6.07, 6.45) is -2.73. The van der Waals surface area contributed by atoms with Crippen molar-refractivity contribution in [2.24, 2.45) is 0 Å². The molecule has 2 amide bonds. The predicted molar refractivity (Wildman–Crippen MR) is 137 cm³/mol. The number of carbonyl (C=O) groups is 2. The molecule has 3 aromatic rings. The van der Waals surface area contributed by atoms with Crippen LogP contribution in [0.15, 0.2) is 61.2 Å². The number of carbonyl (C=O) groups excluding carboxylic acids is 2. The monoisotopic (exact) mass is 514 g/mol. The van der Waals surface area contributed by atoms with Crippen LogP contribution in [0.1, 0.15) is 41.8 Å². The van der Waals surface area contributed by atoms with Crippen molar-refractivity contribution in [1.82, 2.24) is 5.32 Å². The number of fused-ring (bicyclic) bond motifs is 1. The van der Waals surface area contributed by atoms with Crippen molar-refractivity contribution in [1.29, 1.82) is 0 Å². The lowest BCUT2D eigenvalue weighted by Crippen LogP contribution is -2.46. The first-order valence-corrected chi connectivity index (χ1v) is 11.8. The highest BCUT2D eigenvalue weighted by molar-refractivity contribution is 6.07. The van der Waals surface area contributed by atoms with E-state index in [2.05, 4.69) is 11.9 Å². The van der Waals surface area contributed by atoms with E-state index in [0.29, 0.717) is 45.6 Å². The maximum atomic E-state index is 13.5. The van der Waals surface area contributed by atoms with E-state index in [-0.39, 0.29) is 24.0 Å². The number of hydrogen-bond acceptors (Lipinski definition) is 4. The number of nitrogens with zero attached hydrogens (tertiary/aromatic N) is 1. The number of aromatic hydroxyl groups is 1. The van der Waals surface area contributed by atoms with Crippen LogP contribution in [0.3, 0.4) is 0 Å². The molecule has 0 fully saturated rings. The number of anilines is 1. The molecule has 1 atom stereocenters. The molecule has 0 aromatic heterocycles. The van der Waals surface area contributed by atoms with Gasteiger partial charge in [0, 0.05) is 24.2 Å². The van der Waals surface area contributed by atoms with Crippen LogP contribution in [0.2, 0.25) is 0 Å². The fourth-order valence-corrected chi connectivity index (χ4v) is 4.08. The second-order valence-corrected chi connectivity index (χ2v) is 8.57. The molecule has 3 rings (SSSR count). The van der Waals surface area contributed by atoms with E-state index in [1.54, 1.807) is 43.4 Å². The number of aryl methyl sites for hydroxylation is 1. The van der Waals surface area contributed by atoms with Crippen molar-refractivity contribution in [2.45, 2.75) is 45.5 Å². The maximum absolute atomic E-state index is 13.5. The van der Waals surface area contributed by atoms with Gasteiger partial charge in [0.05, 0.1) is 11.7 Å². The molecule has 0 spiro atoms. The van der Waals surface area contributed by atoms with E-state index in [1.807, 2.05) is 13.0 Å². The number of nitrogens with one attached hydrogen (secondary N) is 1. The molecule has 2 N–H and O–H groups in total. The van der Waals surface area contributed by atoms with Gasteiger partial charge in [-0.2, -0.15) is 13.2 Å². The summed E-state index contributed by atoms with van der Waals surface area (Å²) in [6.45, 7) is 6.68. The lowest BCUT2D eigenvalue weighted by atomic mass is 10.0. The molecule has 37 heavy (non-hydrogen) atoms. The third-order valence-electron chi connectivity index (χ3n) is 5.99. The fraction of sp³-hybridized carbons (Fsp3) is 0.286. The summed E-state index contributed by atoms with van der Waals surface area (Å²) in [7, 11) is 1.54. The van der Waals surface area contributed by atoms with Gasteiger partial charge in [-0.15, -0.1) is 6.58 Å². The number of ether oxygens (including phenoxy) is 1. The smallest absolute Gasteiger partial charge is 0.471 e. The summed E-state index contributed by atoms with van der Waals surface area (Å²) in [5, 5.41) is 14.6. The summed E-state index contributed by atoms with van der Waals surface area (Å²) < 4.78 is 46.4. The van der Waals surface area contributed by atoms with Gasteiger partial charge in [-0.25, -0.2) is 0 Å². The molecule has 0 radical (unpaired) electrons. The predicted octanol–water partition coefficient (Wildman–Crippen LogP) is 5.91. The Balaban J connectivity index is 2.04. The fourth-order valence-electron chi connectivity index (χ4n) is 4.08. The van der Waals surface area contributed by atoms with E-state index in [1.165, 1.54) is 19.1 Å². The minimum atomic E-state index is -5.13. The largest absolute Gasteiger partial charge is 0.508 e. The minimum Gasteiger partial charge on any atom is -0.508 e. The summed E-state index contributed by atoms with van der Waals surface area (Å²) >= 11 is 0. The Morgan fingerprint density at radius 2 is 1.89 bits per heavy atom. The number of benzene rings is 3. The number of rotatable bonds is 9. The highest BCUT2D eigenvalue weighted by Gasteiger charge is 2.45. The summed E-state index contributed by atoms with van der Waals surface area (Å²) in [5.74, 6) is -2.09. The third-order valence-corrected chi connectivity index (χ3v) is 5.99. The van der Waals surface area contributed by atoms with Crippen molar-refractivity contribution >= 4 is 28.3 Å². The van der Waals surface area contributed by atoms with Crippen molar-refractivity contribution in [3.8, 4) is 11.5 Å². The van der Waals surface area contributed by atoms with Gasteiger partial charge in [0.2, 0.25) is 0 Å². The molecule has 9 heteroatoms. The summed E-state index contributed by atoms with van der Waals surface area (Å²) in [5.41, 5.74) is 1.21. The molecule has 0 bridgehead atoms. The zero-order valence-corrected chi connectivity index (χ0v) is 20.9. The number of halogens is 3. The van der Waals surface area contributed by atoms with Gasteiger partial charge in [0.1, 0.15) is 18.1 Å². The minimum absolute atomic E-state index is 0.116. The van der Waals surface area contributed by atoms with E-state index >= 15 is 0 Å². The molecule has 0 aliphatic rings. The van der Waals surface area contributed by atoms with E-state index in [4.69, 9.17) is 4.74 Å². The molecule has 0 saturated carbocycles. The zero-order chi connectivity index (χ0) is 27.3. The van der Waals surface area contributed by atoms with Crippen molar-refractivity contribution in [3.63, 3.8) is 0 Å². The lowest BCUT2D eigenvalue weighted by molar-refractivity contribution is -0.170. The number of alkyl halides is 3. The third kappa shape index (κ3) is 6.04. The van der Waals surface area contributed by atoms with Gasteiger partial charge in [-0.05, 0) is 60.0 Å². The SMILES string of the molecule is C=CC(C)N(C(=O)C(F)(F)F)c1cc(O)c(CCC)cc1COc1ccc2c(C(=O)NC)cccc2c1. The van der Waals surface area contributed by atoms with Crippen LogP contribution in [0.4, 0.5) is 18.9 Å². The molecule has 3 aromatic carbocycles. The quantitative estimate of drug-likeness (QED) is 0.348. The highest BCUT2D eigenvalue weighted by Crippen LogP contribution is 2.35.